The van der Waals surface area contributed by atoms with E-state index in [9.17, 15) is 4.39 Å². The average Bonchev–Trinajstić information content (AvgIpc) is 2.08. The molecule has 5 atom stereocenters. The minimum absolute atomic E-state index is 0.491. The summed E-state index contributed by atoms with van der Waals surface area (Å²) in [6.07, 6.45) is -6.09. The second-order valence-electron chi connectivity index (χ2n) is 2.99. The Morgan fingerprint density at radius 3 is 2.42 bits per heavy atom. The van der Waals surface area contributed by atoms with Crippen LogP contribution in [0.25, 0.3) is 0 Å². The molecule has 0 aromatic heterocycles. The molecule has 0 aromatic carbocycles. The lowest BCUT2D eigenvalue weighted by molar-refractivity contribution is -0.205. The summed E-state index contributed by atoms with van der Waals surface area (Å²) in [6, 6.07) is 0. The molecule has 0 saturated carbocycles. The highest BCUT2D eigenvalue weighted by Gasteiger charge is 2.42. The molecule has 0 amide bonds. The summed E-state index contributed by atoms with van der Waals surface area (Å²) < 4.78 is 17.9. The van der Waals surface area contributed by atoms with Gasteiger partial charge in [0.25, 0.3) is 0 Å². The van der Waals surface area contributed by atoms with Crippen LogP contribution in [0.5, 0.6) is 0 Å². The van der Waals surface area contributed by atoms with E-state index in [1.807, 2.05) is 0 Å². The number of rotatable bonds is 1. The first-order valence-electron chi connectivity index (χ1n) is 3.84. The second kappa shape index (κ2) is 3.66. The number of hydrogen-bond acceptors (Lipinski definition) is 4. The summed E-state index contributed by atoms with van der Waals surface area (Å²) in [5.41, 5.74) is 0. The van der Waals surface area contributed by atoms with Gasteiger partial charge in [-0.1, -0.05) is 0 Å². The summed E-state index contributed by atoms with van der Waals surface area (Å²) in [5.74, 6) is 0. The van der Waals surface area contributed by atoms with Gasteiger partial charge in [-0.05, 0) is 6.92 Å². The predicted octanol–water partition coefficient (Wildman–Crippen LogP) is -1.17. The average molecular weight is 180 g/mol. The molecule has 0 unspecified atom stereocenters. The number of hydrogen-bond donors (Lipinski definition) is 3. The van der Waals surface area contributed by atoms with E-state index in [1.165, 1.54) is 6.92 Å². The SMILES string of the molecule is C[C@@H]1O[C@H](CO)[C@H](F)[C@H](O)[C@H]1O. The van der Waals surface area contributed by atoms with E-state index in [2.05, 4.69) is 0 Å². The third-order valence-electron chi connectivity index (χ3n) is 2.08. The Kier molecular flexibility index (Phi) is 3.00. The summed E-state index contributed by atoms with van der Waals surface area (Å²) >= 11 is 0. The minimum atomic E-state index is -1.72. The van der Waals surface area contributed by atoms with Crippen LogP contribution in [0.3, 0.4) is 0 Å². The van der Waals surface area contributed by atoms with Crippen LogP contribution in [-0.4, -0.2) is 52.5 Å². The van der Waals surface area contributed by atoms with Crippen molar-refractivity contribution in [1.29, 1.82) is 0 Å². The lowest BCUT2D eigenvalue weighted by Gasteiger charge is -2.37. The van der Waals surface area contributed by atoms with Crippen LogP contribution in [0.1, 0.15) is 6.92 Å². The molecule has 12 heavy (non-hydrogen) atoms. The number of alkyl halides is 1. The van der Waals surface area contributed by atoms with Gasteiger partial charge < -0.3 is 20.1 Å². The van der Waals surface area contributed by atoms with Crippen LogP contribution in [0.2, 0.25) is 0 Å². The molecule has 72 valence electrons. The van der Waals surface area contributed by atoms with E-state index in [0.29, 0.717) is 0 Å². The Hall–Kier alpha value is -0.230. The largest absolute Gasteiger partial charge is 0.394 e. The maximum absolute atomic E-state index is 13.0. The molecule has 0 bridgehead atoms. The maximum atomic E-state index is 13.0. The topological polar surface area (TPSA) is 69.9 Å². The molecule has 3 N–H and O–H groups in total. The van der Waals surface area contributed by atoms with Gasteiger partial charge in [-0.3, -0.25) is 0 Å². The van der Waals surface area contributed by atoms with Gasteiger partial charge in [-0.25, -0.2) is 4.39 Å². The molecule has 4 nitrogen and oxygen atoms in total. The minimum Gasteiger partial charge on any atom is -0.394 e. The van der Waals surface area contributed by atoms with Crippen molar-refractivity contribution >= 4 is 0 Å². The predicted molar refractivity (Wildman–Crippen MR) is 38.3 cm³/mol. The van der Waals surface area contributed by atoms with E-state index in [1.54, 1.807) is 0 Å². The van der Waals surface area contributed by atoms with E-state index in [-0.39, 0.29) is 0 Å². The van der Waals surface area contributed by atoms with Crippen LogP contribution < -0.4 is 0 Å². The summed E-state index contributed by atoms with van der Waals surface area (Å²) in [7, 11) is 0. The second-order valence-corrected chi connectivity index (χ2v) is 2.99. The van der Waals surface area contributed by atoms with Crippen molar-refractivity contribution in [3.8, 4) is 0 Å². The molecular formula is C7H13FO4. The summed E-state index contributed by atoms with van der Waals surface area (Å²) in [4.78, 5) is 0. The molecule has 1 aliphatic heterocycles. The molecule has 0 spiro atoms. The molecule has 1 fully saturated rings. The van der Waals surface area contributed by atoms with Crippen molar-refractivity contribution in [3.05, 3.63) is 0 Å². The lowest BCUT2D eigenvalue weighted by atomic mass is 9.97. The van der Waals surface area contributed by atoms with Gasteiger partial charge in [0.1, 0.15) is 18.3 Å². The molecule has 1 saturated heterocycles. The molecular weight excluding hydrogens is 167 g/mol. The van der Waals surface area contributed by atoms with Gasteiger partial charge in [-0.15, -0.1) is 0 Å². The quantitative estimate of drug-likeness (QED) is 0.475. The van der Waals surface area contributed by atoms with Crippen molar-refractivity contribution in [2.24, 2.45) is 0 Å². The fourth-order valence-corrected chi connectivity index (χ4v) is 1.26. The maximum Gasteiger partial charge on any atom is 0.157 e. The summed E-state index contributed by atoms with van der Waals surface area (Å²) in [6.45, 7) is 1.03. The standard InChI is InChI=1S/C7H13FO4/c1-3-6(10)7(11)5(8)4(2-9)12-3/h3-7,9-11H,2H2,1H3/t3-,4+,5-,6-,7-/m0/s1. The van der Waals surface area contributed by atoms with E-state index < -0.39 is 37.2 Å². The van der Waals surface area contributed by atoms with Gasteiger partial charge in [0, 0.05) is 0 Å². The smallest absolute Gasteiger partial charge is 0.157 e. The molecule has 5 heteroatoms. The highest BCUT2D eigenvalue weighted by atomic mass is 19.1. The van der Waals surface area contributed by atoms with Crippen molar-refractivity contribution < 1.29 is 24.4 Å². The molecule has 1 rings (SSSR count). The van der Waals surface area contributed by atoms with Crippen LogP contribution in [0.15, 0.2) is 0 Å². The van der Waals surface area contributed by atoms with Crippen molar-refractivity contribution in [3.63, 3.8) is 0 Å². The molecule has 1 aliphatic rings. The first-order valence-corrected chi connectivity index (χ1v) is 3.84. The normalized spacial score (nSPS) is 49.2. The fraction of sp³-hybridized carbons (Fsp3) is 1.00. The Labute approximate surface area is 69.6 Å². The van der Waals surface area contributed by atoms with Crippen LogP contribution in [0.4, 0.5) is 4.39 Å². The number of aliphatic hydroxyl groups excluding tert-OH is 3. The van der Waals surface area contributed by atoms with Crippen LogP contribution in [-0.2, 0) is 4.74 Å². The monoisotopic (exact) mass is 180 g/mol. The zero-order valence-corrected chi connectivity index (χ0v) is 6.72. The van der Waals surface area contributed by atoms with E-state index in [0.717, 1.165) is 0 Å². The highest BCUT2D eigenvalue weighted by Crippen LogP contribution is 2.22. The van der Waals surface area contributed by atoms with Crippen LogP contribution in [0, 0.1) is 0 Å². The Morgan fingerprint density at radius 1 is 1.33 bits per heavy atom. The third kappa shape index (κ3) is 1.59. The van der Waals surface area contributed by atoms with Gasteiger partial charge in [0.15, 0.2) is 6.17 Å². The van der Waals surface area contributed by atoms with Crippen molar-refractivity contribution in [2.75, 3.05) is 6.61 Å². The summed E-state index contributed by atoms with van der Waals surface area (Å²) in [5, 5.41) is 26.9. The molecule has 1 heterocycles. The number of halogens is 1. The van der Waals surface area contributed by atoms with Crippen LogP contribution >= 0.6 is 0 Å². The van der Waals surface area contributed by atoms with Gasteiger partial charge in [0.05, 0.1) is 12.7 Å². The third-order valence-corrected chi connectivity index (χ3v) is 2.08. The Bertz CT molecular complexity index is 150. The van der Waals surface area contributed by atoms with Crippen molar-refractivity contribution in [1.82, 2.24) is 0 Å². The van der Waals surface area contributed by atoms with Gasteiger partial charge in [0.2, 0.25) is 0 Å². The van der Waals surface area contributed by atoms with Crippen molar-refractivity contribution in [2.45, 2.75) is 37.5 Å². The number of aliphatic hydroxyl groups is 3. The first kappa shape index (κ1) is 9.85. The Morgan fingerprint density at radius 2 is 1.92 bits per heavy atom. The van der Waals surface area contributed by atoms with E-state index >= 15 is 0 Å². The molecule has 0 aliphatic carbocycles. The van der Waals surface area contributed by atoms with E-state index in [4.69, 9.17) is 20.1 Å². The zero-order chi connectivity index (χ0) is 9.30. The first-order chi connectivity index (χ1) is 5.57. The Balaban J connectivity index is 2.63. The highest BCUT2D eigenvalue weighted by molar-refractivity contribution is 4.90. The van der Waals surface area contributed by atoms with Gasteiger partial charge >= 0.3 is 0 Å². The number of ether oxygens (including phenoxy) is 1. The molecule has 0 aromatic rings. The lowest BCUT2D eigenvalue weighted by Crippen LogP contribution is -2.55. The fourth-order valence-electron chi connectivity index (χ4n) is 1.26. The molecule has 0 radical (unpaired) electrons. The van der Waals surface area contributed by atoms with Gasteiger partial charge in [-0.2, -0.15) is 0 Å². The zero-order valence-electron chi connectivity index (χ0n) is 6.72.